The lowest BCUT2D eigenvalue weighted by atomic mass is 9.46. The molecule has 0 spiro atoms. The van der Waals surface area contributed by atoms with Crippen molar-refractivity contribution in [2.24, 2.45) is 22.7 Å². The van der Waals surface area contributed by atoms with Gasteiger partial charge >= 0.3 is 11.9 Å². The van der Waals surface area contributed by atoms with E-state index in [-0.39, 0.29) is 23.9 Å². The van der Waals surface area contributed by atoms with Crippen LogP contribution in [0.25, 0.3) is 0 Å². The highest BCUT2D eigenvalue weighted by molar-refractivity contribution is 6.30. The lowest BCUT2D eigenvalue weighted by Gasteiger charge is -2.57. The van der Waals surface area contributed by atoms with Crippen LogP contribution in [0.15, 0.2) is 53.2 Å². The summed E-state index contributed by atoms with van der Waals surface area (Å²) in [5.74, 6) is 0.753. The second kappa shape index (κ2) is 10.2. The molecule has 2 fully saturated rings. The van der Waals surface area contributed by atoms with Crippen molar-refractivity contribution < 1.29 is 23.5 Å². The van der Waals surface area contributed by atoms with E-state index in [0.717, 1.165) is 50.5 Å². The number of benzene rings is 1. The van der Waals surface area contributed by atoms with Crippen molar-refractivity contribution in [2.75, 3.05) is 7.11 Å². The number of hydrogen-bond acceptors (Lipinski definition) is 5. The molecule has 188 valence electrons. The van der Waals surface area contributed by atoms with Crippen molar-refractivity contribution in [1.29, 1.82) is 0 Å². The van der Waals surface area contributed by atoms with Gasteiger partial charge in [-0.1, -0.05) is 37.1 Å². The smallest absolute Gasteiger partial charge is 0.338 e. The molecular formula is C29H35ClO5. The normalized spacial score (nSPS) is 28.3. The molecule has 2 aromatic rings. The van der Waals surface area contributed by atoms with Crippen LogP contribution in [0, 0.1) is 22.7 Å². The van der Waals surface area contributed by atoms with E-state index in [9.17, 15) is 9.59 Å². The van der Waals surface area contributed by atoms with Crippen molar-refractivity contribution in [2.45, 2.75) is 65.4 Å². The Kier molecular flexibility index (Phi) is 7.46. The maximum Gasteiger partial charge on any atom is 0.338 e. The first kappa shape index (κ1) is 25.6. The molecule has 2 aliphatic rings. The Hall–Kier alpha value is -2.53. The highest BCUT2D eigenvalue weighted by atomic mass is 35.5. The molecule has 0 aliphatic heterocycles. The molecule has 0 radical (unpaired) electrons. The molecule has 2 aliphatic carbocycles. The Bertz CT molecular complexity index is 1090. The molecule has 0 bridgehead atoms. The molecule has 0 saturated heterocycles. The summed E-state index contributed by atoms with van der Waals surface area (Å²) in [6.45, 7) is 8.96. The zero-order chi connectivity index (χ0) is 25.2. The van der Waals surface area contributed by atoms with Gasteiger partial charge in [0.1, 0.15) is 12.4 Å². The summed E-state index contributed by atoms with van der Waals surface area (Å²) in [6.07, 6.45) is 8.26. The highest BCUT2D eigenvalue weighted by Gasteiger charge is 2.57. The molecule has 4 atom stereocenters. The first-order valence-electron chi connectivity index (χ1n) is 12.4. The Labute approximate surface area is 212 Å². The number of furan rings is 1. The van der Waals surface area contributed by atoms with Crippen LogP contribution in [0.4, 0.5) is 0 Å². The molecule has 4 rings (SSSR count). The summed E-state index contributed by atoms with van der Waals surface area (Å²) in [5, 5.41) is 0.569. The van der Waals surface area contributed by atoms with Gasteiger partial charge in [-0.3, -0.25) is 4.79 Å². The first-order valence-corrected chi connectivity index (χ1v) is 12.8. The van der Waals surface area contributed by atoms with Crippen LogP contribution in [0.1, 0.15) is 74.1 Å². The monoisotopic (exact) mass is 498 g/mol. The molecule has 0 N–H and O–H groups in total. The van der Waals surface area contributed by atoms with Crippen molar-refractivity contribution in [3.05, 3.63) is 70.7 Å². The summed E-state index contributed by atoms with van der Waals surface area (Å²) in [5.41, 5.74) is 2.32. The number of esters is 2. The maximum atomic E-state index is 12.8. The van der Waals surface area contributed by atoms with Gasteiger partial charge in [0.15, 0.2) is 0 Å². The number of ether oxygens (including phenoxy) is 2. The first-order chi connectivity index (χ1) is 16.7. The third-order valence-corrected chi connectivity index (χ3v) is 8.88. The summed E-state index contributed by atoms with van der Waals surface area (Å²) < 4.78 is 16.4. The van der Waals surface area contributed by atoms with E-state index in [1.165, 1.54) is 12.7 Å². The molecule has 4 unspecified atom stereocenters. The second-order valence-electron chi connectivity index (χ2n) is 10.6. The Morgan fingerprint density at radius 3 is 2.63 bits per heavy atom. The molecule has 1 aromatic heterocycles. The molecular weight excluding hydrogens is 464 g/mol. The minimum absolute atomic E-state index is 0.00146. The second-order valence-corrected chi connectivity index (χ2v) is 11.0. The fraction of sp³-hybridized carbons (Fsp3) is 0.517. The molecule has 1 heterocycles. The van der Waals surface area contributed by atoms with Gasteiger partial charge < -0.3 is 13.9 Å². The van der Waals surface area contributed by atoms with Gasteiger partial charge in [-0.05, 0) is 98.6 Å². The van der Waals surface area contributed by atoms with E-state index < -0.39 is 11.4 Å². The topological polar surface area (TPSA) is 65.7 Å². The lowest BCUT2D eigenvalue weighted by Crippen LogP contribution is -2.53. The number of hydrogen-bond donors (Lipinski definition) is 0. The van der Waals surface area contributed by atoms with Crippen LogP contribution in [-0.2, 0) is 27.3 Å². The van der Waals surface area contributed by atoms with Crippen LogP contribution >= 0.6 is 11.6 Å². The van der Waals surface area contributed by atoms with E-state index in [1.54, 1.807) is 30.5 Å². The summed E-state index contributed by atoms with van der Waals surface area (Å²) in [7, 11) is 1.50. The van der Waals surface area contributed by atoms with Gasteiger partial charge in [0, 0.05) is 5.02 Å². The van der Waals surface area contributed by atoms with E-state index in [0.29, 0.717) is 22.3 Å². The third kappa shape index (κ3) is 4.93. The molecule has 1 aromatic carbocycles. The van der Waals surface area contributed by atoms with Crippen molar-refractivity contribution >= 4 is 23.5 Å². The predicted octanol–water partition coefficient (Wildman–Crippen LogP) is 7.17. The molecule has 2 saturated carbocycles. The van der Waals surface area contributed by atoms with E-state index in [4.69, 9.17) is 25.5 Å². The fourth-order valence-corrected chi connectivity index (χ4v) is 6.90. The molecule has 6 heteroatoms. The van der Waals surface area contributed by atoms with Crippen molar-refractivity contribution in [1.82, 2.24) is 0 Å². The molecule has 35 heavy (non-hydrogen) atoms. The zero-order valence-corrected chi connectivity index (χ0v) is 21.7. The van der Waals surface area contributed by atoms with Crippen LogP contribution in [0.3, 0.4) is 0 Å². The van der Waals surface area contributed by atoms with Crippen LogP contribution in [-0.4, -0.2) is 19.0 Å². The van der Waals surface area contributed by atoms with Gasteiger partial charge in [0.2, 0.25) is 0 Å². The molecule has 5 nitrogen and oxygen atoms in total. The van der Waals surface area contributed by atoms with Crippen LogP contribution in [0.2, 0.25) is 5.02 Å². The largest absolute Gasteiger partial charge is 0.469 e. The average Bonchev–Trinajstić information content (AvgIpc) is 3.29. The summed E-state index contributed by atoms with van der Waals surface area (Å²) >= 11 is 5.90. The SMILES string of the molecule is C=C1CCC2C(C)(C(=O)OC)CCCC2(C)C1CCc1ccoc1COC(=O)c1ccc(Cl)cc1. The maximum absolute atomic E-state index is 12.8. The van der Waals surface area contributed by atoms with Gasteiger partial charge in [0.05, 0.1) is 24.4 Å². The van der Waals surface area contributed by atoms with E-state index in [2.05, 4.69) is 20.4 Å². The average molecular weight is 499 g/mol. The Morgan fingerprint density at radius 2 is 1.91 bits per heavy atom. The lowest BCUT2D eigenvalue weighted by molar-refractivity contribution is -0.168. The molecule has 0 amide bonds. The number of rotatable bonds is 7. The summed E-state index contributed by atoms with van der Waals surface area (Å²) in [4.78, 5) is 25.2. The predicted molar refractivity (Wildman–Crippen MR) is 135 cm³/mol. The number of methoxy groups -OCH3 is 1. The van der Waals surface area contributed by atoms with E-state index in [1.807, 2.05) is 6.07 Å². The number of allylic oxidation sites excluding steroid dienone is 1. The quantitative estimate of drug-likeness (QED) is 0.299. The van der Waals surface area contributed by atoms with Gasteiger partial charge in [0.25, 0.3) is 0 Å². The summed E-state index contributed by atoms with van der Waals surface area (Å²) in [6, 6.07) is 8.57. The number of aryl methyl sites for hydroxylation is 1. The van der Waals surface area contributed by atoms with Gasteiger partial charge in [-0.25, -0.2) is 4.79 Å². The number of halogens is 1. The Morgan fingerprint density at radius 1 is 1.17 bits per heavy atom. The minimum Gasteiger partial charge on any atom is -0.469 e. The standard InChI is InChI=1S/C29H35ClO5/c1-19-6-13-25-28(2,15-5-16-29(25,3)27(32)33-4)23(19)12-9-20-14-17-34-24(20)18-35-26(31)21-7-10-22(30)11-8-21/h7-8,10-11,14,17,23,25H,1,5-6,9,12-13,15-16,18H2,2-4H3. The highest BCUT2D eigenvalue weighted by Crippen LogP contribution is 2.62. The van der Waals surface area contributed by atoms with E-state index >= 15 is 0 Å². The minimum atomic E-state index is -0.447. The number of carbonyl (C=O) groups excluding carboxylic acids is 2. The van der Waals surface area contributed by atoms with Crippen molar-refractivity contribution in [3.8, 4) is 0 Å². The van der Waals surface area contributed by atoms with Crippen LogP contribution in [0.5, 0.6) is 0 Å². The number of fused-ring (bicyclic) bond motifs is 1. The third-order valence-electron chi connectivity index (χ3n) is 8.63. The Balaban J connectivity index is 1.44. The van der Waals surface area contributed by atoms with Crippen LogP contribution < -0.4 is 0 Å². The van der Waals surface area contributed by atoms with Crippen molar-refractivity contribution in [3.63, 3.8) is 0 Å². The van der Waals surface area contributed by atoms with Gasteiger partial charge in [-0.2, -0.15) is 0 Å². The fourth-order valence-electron chi connectivity index (χ4n) is 6.78. The number of carbonyl (C=O) groups is 2. The van der Waals surface area contributed by atoms with Gasteiger partial charge in [-0.15, -0.1) is 0 Å². The zero-order valence-electron chi connectivity index (χ0n) is 20.9.